The largest absolute Gasteiger partial charge is 0.493 e. The summed E-state index contributed by atoms with van der Waals surface area (Å²) in [6, 6.07) is 16.2. The summed E-state index contributed by atoms with van der Waals surface area (Å²) in [7, 11) is 0. The molecule has 4 nitrogen and oxygen atoms in total. The Morgan fingerprint density at radius 2 is 1.78 bits per heavy atom. The number of rotatable bonds is 4. The zero-order valence-corrected chi connectivity index (χ0v) is 17.7. The highest BCUT2D eigenvalue weighted by Gasteiger charge is 2.30. The summed E-state index contributed by atoms with van der Waals surface area (Å²) < 4.78 is 12.7. The normalized spacial score (nSPS) is 17.0. The molecule has 1 aliphatic heterocycles. The van der Waals surface area contributed by atoms with E-state index in [-0.39, 0.29) is 6.09 Å². The second-order valence-electron chi connectivity index (χ2n) is 7.87. The van der Waals surface area contributed by atoms with Crippen molar-refractivity contribution in [1.29, 1.82) is 0 Å². The van der Waals surface area contributed by atoms with Gasteiger partial charge < -0.3 is 14.4 Å². The quantitative estimate of drug-likeness (QED) is 0.618. The van der Waals surface area contributed by atoms with Crippen molar-refractivity contribution in [1.82, 2.24) is 4.90 Å². The lowest BCUT2D eigenvalue weighted by Gasteiger charge is -2.24. The van der Waals surface area contributed by atoms with Crippen LogP contribution in [0.2, 0.25) is 0 Å². The van der Waals surface area contributed by atoms with Crippen molar-refractivity contribution in [2.24, 2.45) is 5.92 Å². The molecule has 1 heterocycles. The van der Waals surface area contributed by atoms with Crippen LogP contribution in [0, 0.1) is 5.92 Å². The molecule has 0 aliphatic carbocycles. The van der Waals surface area contributed by atoms with Crippen LogP contribution in [0.5, 0.6) is 5.75 Å². The molecule has 0 saturated carbocycles. The Hall–Kier alpha value is -2.01. The molecule has 1 saturated heterocycles. The minimum atomic E-state index is -0.465. The van der Waals surface area contributed by atoms with Crippen LogP contribution in [-0.2, 0) is 4.74 Å². The van der Waals surface area contributed by atoms with E-state index < -0.39 is 5.60 Å². The number of likely N-dealkylation sites (tertiary alicyclic amines) is 1. The first-order chi connectivity index (χ1) is 12.8. The van der Waals surface area contributed by atoms with Gasteiger partial charge in [-0.1, -0.05) is 52.3 Å². The van der Waals surface area contributed by atoms with Crippen molar-refractivity contribution in [3.8, 4) is 16.9 Å². The summed E-state index contributed by atoms with van der Waals surface area (Å²) in [4.78, 5) is 14.0. The molecule has 0 radical (unpaired) electrons. The van der Waals surface area contributed by atoms with Crippen LogP contribution in [0.4, 0.5) is 4.79 Å². The third kappa shape index (κ3) is 5.25. The Labute approximate surface area is 169 Å². The fourth-order valence-corrected chi connectivity index (χ4v) is 3.66. The highest BCUT2D eigenvalue weighted by atomic mass is 79.9. The molecule has 1 atom stereocenters. The van der Waals surface area contributed by atoms with E-state index in [0.717, 1.165) is 34.3 Å². The third-order valence-corrected chi connectivity index (χ3v) is 5.15. The fourth-order valence-electron chi connectivity index (χ4n) is 3.16. The number of halogens is 1. The molecular weight excluding hydrogens is 406 g/mol. The molecule has 0 spiro atoms. The summed E-state index contributed by atoms with van der Waals surface area (Å²) in [5.74, 6) is 1.17. The lowest BCUT2D eigenvalue weighted by Crippen LogP contribution is -2.35. The van der Waals surface area contributed by atoms with Gasteiger partial charge >= 0.3 is 6.09 Å². The van der Waals surface area contributed by atoms with E-state index in [9.17, 15) is 4.79 Å². The van der Waals surface area contributed by atoms with Crippen molar-refractivity contribution >= 4 is 22.0 Å². The molecule has 3 rings (SSSR count). The van der Waals surface area contributed by atoms with Gasteiger partial charge in [0.15, 0.2) is 0 Å². The Balaban J connectivity index is 1.62. The summed E-state index contributed by atoms with van der Waals surface area (Å²) >= 11 is 3.62. The highest BCUT2D eigenvalue weighted by Crippen LogP contribution is 2.35. The molecule has 1 aliphatic rings. The van der Waals surface area contributed by atoms with Gasteiger partial charge in [-0.25, -0.2) is 4.79 Å². The van der Waals surface area contributed by atoms with Crippen molar-refractivity contribution in [3.63, 3.8) is 0 Å². The topological polar surface area (TPSA) is 38.8 Å². The van der Waals surface area contributed by atoms with Gasteiger partial charge in [-0.3, -0.25) is 0 Å². The lowest BCUT2D eigenvalue weighted by molar-refractivity contribution is 0.0285. The average molecular weight is 432 g/mol. The first-order valence-electron chi connectivity index (χ1n) is 9.28. The molecule has 1 fully saturated rings. The van der Waals surface area contributed by atoms with Crippen LogP contribution in [0.15, 0.2) is 53.0 Å². The Bertz CT molecular complexity index is 800. The minimum Gasteiger partial charge on any atom is -0.493 e. The molecule has 0 bridgehead atoms. The fraction of sp³-hybridized carbons (Fsp3) is 0.409. The van der Waals surface area contributed by atoms with Crippen LogP contribution < -0.4 is 4.74 Å². The van der Waals surface area contributed by atoms with Crippen LogP contribution in [0.1, 0.15) is 27.2 Å². The zero-order valence-electron chi connectivity index (χ0n) is 16.1. The van der Waals surface area contributed by atoms with E-state index in [1.807, 2.05) is 57.2 Å². The molecule has 2 aromatic carbocycles. The van der Waals surface area contributed by atoms with E-state index >= 15 is 0 Å². The average Bonchev–Trinajstić information content (AvgIpc) is 3.09. The maximum Gasteiger partial charge on any atom is 0.410 e. The predicted molar refractivity (Wildman–Crippen MR) is 111 cm³/mol. The lowest BCUT2D eigenvalue weighted by atomic mass is 10.0. The number of para-hydroxylation sites is 1. The van der Waals surface area contributed by atoms with Crippen LogP contribution in [-0.4, -0.2) is 36.3 Å². The maximum atomic E-state index is 12.2. The van der Waals surface area contributed by atoms with E-state index in [1.165, 1.54) is 0 Å². The standard InChI is InChI=1S/C22H26BrNO3/c1-22(2,3)27-21(25)24-13-12-16(14-24)15-26-20-11-7-5-9-18(20)17-8-4-6-10-19(17)23/h4-11,16H,12-15H2,1-3H3. The third-order valence-electron chi connectivity index (χ3n) is 4.46. The van der Waals surface area contributed by atoms with Crippen molar-refractivity contribution < 1.29 is 14.3 Å². The predicted octanol–water partition coefficient (Wildman–Crippen LogP) is 5.75. The van der Waals surface area contributed by atoms with Crippen LogP contribution >= 0.6 is 15.9 Å². The molecule has 27 heavy (non-hydrogen) atoms. The number of amides is 1. The van der Waals surface area contributed by atoms with E-state index in [2.05, 4.69) is 28.1 Å². The summed E-state index contributed by atoms with van der Waals surface area (Å²) in [5, 5.41) is 0. The molecule has 1 unspecified atom stereocenters. The zero-order chi connectivity index (χ0) is 19.4. The Morgan fingerprint density at radius 3 is 2.48 bits per heavy atom. The molecule has 5 heteroatoms. The summed E-state index contributed by atoms with van der Waals surface area (Å²) in [6.45, 7) is 7.64. The number of benzene rings is 2. The molecule has 144 valence electrons. The molecule has 0 N–H and O–H groups in total. The van der Waals surface area contributed by atoms with Crippen LogP contribution in [0.3, 0.4) is 0 Å². The van der Waals surface area contributed by atoms with Gasteiger partial charge in [0.25, 0.3) is 0 Å². The maximum absolute atomic E-state index is 12.2. The van der Waals surface area contributed by atoms with Gasteiger partial charge in [-0.2, -0.15) is 0 Å². The van der Waals surface area contributed by atoms with Gasteiger partial charge in [0.05, 0.1) is 6.61 Å². The van der Waals surface area contributed by atoms with Crippen molar-refractivity contribution in [3.05, 3.63) is 53.0 Å². The number of hydrogen-bond donors (Lipinski definition) is 0. The van der Waals surface area contributed by atoms with E-state index in [0.29, 0.717) is 19.1 Å². The Morgan fingerprint density at radius 1 is 1.11 bits per heavy atom. The minimum absolute atomic E-state index is 0.237. The van der Waals surface area contributed by atoms with Crippen molar-refractivity contribution in [2.45, 2.75) is 32.8 Å². The summed E-state index contributed by atoms with van der Waals surface area (Å²) in [6.07, 6.45) is 0.690. The first kappa shape index (κ1) is 19.7. The SMILES string of the molecule is CC(C)(C)OC(=O)N1CCC(COc2ccccc2-c2ccccc2Br)C1. The molecule has 2 aromatic rings. The number of nitrogens with zero attached hydrogens (tertiary/aromatic N) is 1. The second kappa shape index (κ2) is 8.34. The first-order valence-corrected chi connectivity index (χ1v) is 10.1. The number of ether oxygens (including phenoxy) is 2. The van der Waals surface area contributed by atoms with Gasteiger partial charge in [0.2, 0.25) is 0 Å². The van der Waals surface area contributed by atoms with Gasteiger partial charge in [-0.05, 0) is 44.9 Å². The molecular formula is C22H26BrNO3. The van der Waals surface area contributed by atoms with E-state index in [1.54, 1.807) is 4.90 Å². The van der Waals surface area contributed by atoms with Gasteiger partial charge in [0, 0.05) is 29.0 Å². The second-order valence-corrected chi connectivity index (χ2v) is 8.72. The molecule has 0 aromatic heterocycles. The smallest absolute Gasteiger partial charge is 0.410 e. The Kier molecular flexibility index (Phi) is 6.10. The highest BCUT2D eigenvalue weighted by molar-refractivity contribution is 9.10. The molecule has 1 amide bonds. The van der Waals surface area contributed by atoms with Crippen molar-refractivity contribution in [2.75, 3.05) is 19.7 Å². The number of hydrogen-bond acceptors (Lipinski definition) is 3. The van der Waals surface area contributed by atoms with Crippen LogP contribution in [0.25, 0.3) is 11.1 Å². The monoisotopic (exact) mass is 431 g/mol. The van der Waals surface area contributed by atoms with Gasteiger partial charge in [0.1, 0.15) is 11.4 Å². The summed E-state index contributed by atoms with van der Waals surface area (Å²) in [5.41, 5.74) is 1.70. The van der Waals surface area contributed by atoms with E-state index in [4.69, 9.17) is 9.47 Å². The number of carbonyl (C=O) groups excluding carboxylic acids is 1. The van der Waals surface area contributed by atoms with Gasteiger partial charge in [-0.15, -0.1) is 0 Å². The number of carbonyl (C=O) groups is 1.